The van der Waals surface area contributed by atoms with E-state index in [0.717, 1.165) is 30.8 Å². The van der Waals surface area contributed by atoms with Crippen molar-refractivity contribution in [2.75, 3.05) is 25.1 Å². The van der Waals surface area contributed by atoms with Crippen molar-refractivity contribution in [3.8, 4) is 0 Å². The minimum Gasteiger partial charge on any atom is -0.392 e. The van der Waals surface area contributed by atoms with Gasteiger partial charge in [-0.05, 0) is 31.4 Å². The number of rotatable bonds is 4. The van der Waals surface area contributed by atoms with Gasteiger partial charge in [0.05, 0.1) is 12.7 Å². The Kier molecular flexibility index (Phi) is 4.87. The van der Waals surface area contributed by atoms with E-state index in [0.29, 0.717) is 5.02 Å². The summed E-state index contributed by atoms with van der Waals surface area (Å²) in [5, 5.41) is 10.1. The lowest BCUT2D eigenvalue weighted by Crippen LogP contribution is -2.33. The van der Waals surface area contributed by atoms with Crippen molar-refractivity contribution in [1.82, 2.24) is 0 Å². The molecule has 1 aliphatic heterocycles. The van der Waals surface area contributed by atoms with Crippen LogP contribution in [-0.2, 0) is 11.3 Å². The third kappa shape index (κ3) is 3.37. The zero-order valence-electron chi connectivity index (χ0n) is 10.7. The Bertz CT molecular complexity index is 391. The lowest BCUT2D eigenvalue weighted by atomic mass is 10.1. The Balaban J connectivity index is 2.07. The summed E-state index contributed by atoms with van der Waals surface area (Å²) in [6.07, 6.45) is 3.80. The Labute approximate surface area is 113 Å². The molecule has 1 atom stereocenters. The summed E-state index contributed by atoms with van der Waals surface area (Å²) < 4.78 is 5.74. The molecule has 0 spiro atoms. The van der Waals surface area contributed by atoms with Gasteiger partial charge in [0.1, 0.15) is 0 Å². The minimum absolute atomic E-state index is 0.0301. The summed E-state index contributed by atoms with van der Waals surface area (Å²) in [6.45, 7) is 1.73. The molecule has 18 heavy (non-hydrogen) atoms. The first kappa shape index (κ1) is 13.7. The highest BCUT2D eigenvalue weighted by Gasteiger charge is 2.17. The largest absolute Gasteiger partial charge is 0.392 e. The second kappa shape index (κ2) is 6.41. The van der Waals surface area contributed by atoms with Crippen molar-refractivity contribution in [2.45, 2.75) is 32.0 Å². The van der Waals surface area contributed by atoms with Crippen LogP contribution in [0.25, 0.3) is 0 Å². The van der Waals surface area contributed by atoms with Gasteiger partial charge in [-0.1, -0.05) is 17.7 Å². The number of aliphatic hydroxyl groups excluding tert-OH is 1. The highest BCUT2D eigenvalue weighted by molar-refractivity contribution is 6.30. The van der Waals surface area contributed by atoms with Crippen LogP contribution < -0.4 is 4.90 Å². The molecular weight excluding hydrogens is 250 g/mol. The van der Waals surface area contributed by atoms with Crippen LogP contribution in [0.5, 0.6) is 0 Å². The fourth-order valence-corrected chi connectivity index (χ4v) is 2.55. The van der Waals surface area contributed by atoms with E-state index < -0.39 is 0 Å². The van der Waals surface area contributed by atoms with Gasteiger partial charge in [0.2, 0.25) is 0 Å². The van der Waals surface area contributed by atoms with Crippen molar-refractivity contribution in [3.63, 3.8) is 0 Å². The number of likely N-dealkylation sites (N-methyl/N-ethyl adjacent to an activating group) is 1. The molecule has 0 aromatic heterocycles. The van der Waals surface area contributed by atoms with Crippen LogP contribution in [0, 0.1) is 0 Å². The molecule has 0 radical (unpaired) electrons. The molecule has 1 fully saturated rings. The maximum atomic E-state index is 9.36. The van der Waals surface area contributed by atoms with Crippen LogP contribution in [0.2, 0.25) is 5.02 Å². The van der Waals surface area contributed by atoms with Crippen LogP contribution >= 0.6 is 11.6 Å². The summed E-state index contributed by atoms with van der Waals surface area (Å²) >= 11 is 6.02. The van der Waals surface area contributed by atoms with Crippen molar-refractivity contribution >= 4 is 17.3 Å². The summed E-state index contributed by atoms with van der Waals surface area (Å²) in [5.74, 6) is 0. The first-order valence-corrected chi connectivity index (χ1v) is 6.80. The number of anilines is 1. The van der Waals surface area contributed by atoms with Crippen LogP contribution in [0.15, 0.2) is 18.2 Å². The standard InChI is InChI=1S/C14H20ClNO2/c1-16(9-13-4-2-3-7-18-13)14-8-12(15)6-5-11(14)10-17/h5-6,8,13,17H,2-4,7,9-10H2,1H3. The van der Waals surface area contributed by atoms with Gasteiger partial charge in [-0.2, -0.15) is 0 Å². The van der Waals surface area contributed by atoms with E-state index in [9.17, 15) is 5.11 Å². The molecule has 1 saturated heterocycles. The average Bonchev–Trinajstić information content (AvgIpc) is 2.40. The molecule has 1 unspecified atom stereocenters. The van der Waals surface area contributed by atoms with E-state index >= 15 is 0 Å². The number of aliphatic hydroxyl groups is 1. The van der Waals surface area contributed by atoms with Gasteiger partial charge in [0.25, 0.3) is 0 Å². The van der Waals surface area contributed by atoms with Gasteiger partial charge in [0.15, 0.2) is 0 Å². The molecular formula is C14H20ClNO2. The normalized spacial score (nSPS) is 19.8. The molecule has 0 bridgehead atoms. The molecule has 0 aliphatic carbocycles. The van der Waals surface area contributed by atoms with Gasteiger partial charge in [-0.3, -0.25) is 0 Å². The Hall–Kier alpha value is -0.770. The number of ether oxygens (including phenoxy) is 1. The monoisotopic (exact) mass is 269 g/mol. The van der Waals surface area contributed by atoms with E-state index in [1.807, 2.05) is 25.2 Å². The summed E-state index contributed by atoms with van der Waals surface area (Å²) in [4.78, 5) is 2.12. The summed E-state index contributed by atoms with van der Waals surface area (Å²) in [7, 11) is 2.02. The topological polar surface area (TPSA) is 32.7 Å². The third-order valence-corrected chi connectivity index (χ3v) is 3.62. The molecule has 100 valence electrons. The van der Waals surface area contributed by atoms with Gasteiger partial charge in [0, 0.05) is 36.5 Å². The Morgan fingerprint density at radius 2 is 2.28 bits per heavy atom. The Morgan fingerprint density at radius 1 is 1.44 bits per heavy atom. The van der Waals surface area contributed by atoms with Gasteiger partial charge in [-0.15, -0.1) is 0 Å². The van der Waals surface area contributed by atoms with E-state index in [2.05, 4.69) is 4.90 Å². The van der Waals surface area contributed by atoms with Crippen LogP contribution in [-0.4, -0.2) is 31.4 Å². The molecule has 1 heterocycles. The zero-order chi connectivity index (χ0) is 13.0. The first-order chi connectivity index (χ1) is 8.70. The number of benzene rings is 1. The number of nitrogens with zero attached hydrogens (tertiary/aromatic N) is 1. The predicted octanol–water partition coefficient (Wildman–Crippen LogP) is 2.84. The Morgan fingerprint density at radius 3 is 2.94 bits per heavy atom. The fraction of sp³-hybridized carbons (Fsp3) is 0.571. The maximum absolute atomic E-state index is 9.36. The third-order valence-electron chi connectivity index (χ3n) is 3.38. The van der Waals surface area contributed by atoms with Crippen LogP contribution in [0.1, 0.15) is 24.8 Å². The van der Waals surface area contributed by atoms with Crippen molar-refractivity contribution < 1.29 is 9.84 Å². The van der Waals surface area contributed by atoms with Crippen molar-refractivity contribution in [1.29, 1.82) is 0 Å². The van der Waals surface area contributed by atoms with E-state index in [-0.39, 0.29) is 12.7 Å². The lowest BCUT2D eigenvalue weighted by Gasteiger charge is -2.29. The van der Waals surface area contributed by atoms with E-state index in [4.69, 9.17) is 16.3 Å². The quantitative estimate of drug-likeness (QED) is 0.912. The molecule has 0 saturated carbocycles. The van der Waals surface area contributed by atoms with Crippen molar-refractivity contribution in [2.24, 2.45) is 0 Å². The SMILES string of the molecule is CN(CC1CCCCO1)c1cc(Cl)ccc1CO. The summed E-state index contributed by atoms with van der Waals surface area (Å²) in [5.41, 5.74) is 1.89. The zero-order valence-corrected chi connectivity index (χ0v) is 11.5. The minimum atomic E-state index is 0.0301. The number of hydrogen-bond donors (Lipinski definition) is 1. The molecule has 3 nitrogen and oxygen atoms in total. The number of halogens is 1. The van der Waals surface area contributed by atoms with Crippen LogP contribution in [0.4, 0.5) is 5.69 Å². The molecule has 0 amide bonds. The first-order valence-electron chi connectivity index (χ1n) is 6.42. The highest BCUT2D eigenvalue weighted by atomic mass is 35.5. The molecule has 2 rings (SSSR count). The van der Waals surface area contributed by atoms with Gasteiger partial charge in [-0.25, -0.2) is 0 Å². The predicted molar refractivity (Wildman–Crippen MR) is 74.2 cm³/mol. The average molecular weight is 270 g/mol. The van der Waals surface area contributed by atoms with Gasteiger partial charge >= 0.3 is 0 Å². The lowest BCUT2D eigenvalue weighted by molar-refractivity contribution is 0.0216. The summed E-state index contributed by atoms with van der Waals surface area (Å²) in [6, 6.07) is 5.58. The fourth-order valence-electron chi connectivity index (χ4n) is 2.38. The van der Waals surface area contributed by atoms with E-state index in [1.54, 1.807) is 0 Å². The van der Waals surface area contributed by atoms with E-state index in [1.165, 1.54) is 12.8 Å². The van der Waals surface area contributed by atoms with Gasteiger partial charge < -0.3 is 14.7 Å². The highest BCUT2D eigenvalue weighted by Crippen LogP contribution is 2.25. The smallest absolute Gasteiger partial charge is 0.0749 e. The second-order valence-corrected chi connectivity index (χ2v) is 5.24. The van der Waals surface area contributed by atoms with Crippen molar-refractivity contribution in [3.05, 3.63) is 28.8 Å². The molecule has 1 aliphatic rings. The van der Waals surface area contributed by atoms with Crippen LogP contribution in [0.3, 0.4) is 0 Å². The molecule has 1 aromatic carbocycles. The second-order valence-electron chi connectivity index (χ2n) is 4.80. The molecule has 4 heteroatoms. The molecule has 1 N–H and O–H groups in total. The number of hydrogen-bond acceptors (Lipinski definition) is 3. The maximum Gasteiger partial charge on any atom is 0.0749 e. The molecule has 1 aromatic rings.